The van der Waals surface area contributed by atoms with Crippen LogP contribution in [-0.4, -0.2) is 26.9 Å². The molecule has 0 radical (unpaired) electrons. The first-order chi connectivity index (χ1) is 13.2. The number of aromatic nitrogens is 4. The molecule has 2 aromatic carbocycles. The SMILES string of the molecule is COc1ccc(-c2nnc(SCc3csc(-c4ccccc4)n3)n2C)cc1. The number of ether oxygens (including phenoxy) is 1. The van der Waals surface area contributed by atoms with Gasteiger partial charge in [0.15, 0.2) is 11.0 Å². The highest BCUT2D eigenvalue weighted by Crippen LogP contribution is 2.29. The van der Waals surface area contributed by atoms with Gasteiger partial charge in [0.2, 0.25) is 0 Å². The summed E-state index contributed by atoms with van der Waals surface area (Å²) in [5.74, 6) is 2.43. The fraction of sp³-hybridized carbons (Fsp3) is 0.150. The fourth-order valence-corrected chi connectivity index (χ4v) is 4.39. The molecule has 4 rings (SSSR count). The van der Waals surface area contributed by atoms with Crippen LogP contribution in [0.3, 0.4) is 0 Å². The fourth-order valence-electron chi connectivity index (χ4n) is 2.66. The van der Waals surface area contributed by atoms with Crippen LogP contribution in [0.1, 0.15) is 5.69 Å². The molecule has 0 saturated heterocycles. The Morgan fingerprint density at radius 1 is 1.00 bits per heavy atom. The van der Waals surface area contributed by atoms with E-state index in [0.717, 1.165) is 44.3 Å². The van der Waals surface area contributed by atoms with Crippen LogP contribution in [0, 0.1) is 0 Å². The number of thioether (sulfide) groups is 1. The average molecular weight is 395 g/mol. The molecule has 0 saturated carbocycles. The van der Waals surface area contributed by atoms with Crippen molar-refractivity contribution in [1.82, 2.24) is 19.7 Å². The molecule has 0 amide bonds. The first-order valence-corrected chi connectivity index (χ1v) is 10.3. The molecule has 7 heteroatoms. The number of rotatable bonds is 6. The molecule has 0 unspecified atom stereocenters. The van der Waals surface area contributed by atoms with E-state index in [0.29, 0.717) is 0 Å². The molecule has 0 aliphatic heterocycles. The second-order valence-electron chi connectivity index (χ2n) is 5.89. The Balaban J connectivity index is 1.46. The number of methoxy groups -OCH3 is 1. The lowest BCUT2D eigenvalue weighted by atomic mass is 10.2. The van der Waals surface area contributed by atoms with Crippen LogP contribution >= 0.6 is 23.1 Å². The van der Waals surface area contributed by atoms with Gasteiger partial charge in [0.25, 0.3) is 0 Å². The maximum Gasteiger partial charge on any atom is 0.191 e. The Bertz CT molecular complexity index is 1030. The third-order valence-corrected chi connectivity index (χ3v) is 6.10. The minimum Gasteiger partial charge on any atom is -0.497 e. The van der Waals surface area contributed by atoms with Crippen LogP contribution in [0.5, 0.6) is 5.75 Å². The van der Waals surface area contributed by atoms with Gasteiger partial charge in [-0.15, -0.1) is 21.5 Å². The molecule has 27 heavy (non-hydrogen) atoms. The molecule has 2 heterocycles. The van der Waals surface area contributed by atoms with E-state index in [9.17, 15) is 0 Å². The van der Waals surface area contributed by atoms with Crippen LogP contribution in [0.2, 0.25) is 0 Å². The topological polar surface area (TPSA) is 52.8 Å². The van der Waals surface area contributed by atoms with Gasteiger partial charge in [-0.25, -0.2) is 4.98 Å². The highest BCUT2D eigenvalue weighted by Gasteiger charge is 2.12. The molecule has 4 aromatic rings. The van der Waals surface area contributed by atoms with Crippen molar-refractivity contribution in [2.45, 2.75) is 10.9 Å². The molecule has 5 nitrogen and oxygen atoms in total. The zero-order chi connectivity index (χ0) is 18.6. The Morgan fingerprint density at radius 3 is 2.52 bits per heavy atom. The molecule has 0 atom stereocenters. The van der Waals surface area contributed by atoms with Gasteiger partial charge in [0.05, 0.1) is 12.8 Å². The summed E-state index contributed by atoms with van der Waals surface area (Å²) in [5, 5.41) is 12.7. The van der Waals surface area contributed by atoms with E-state index in [-0.39, 0.29) is 0 Å². The molecule has 0 fully saturated rings. The Morgan fingerprint density at radius 2 is 1.78 bits per heavy atom. The maximum absolute atomic E-state index is 5.21. The third kappa shape index (κ3) is 3.89. The van der Waals surface area contributed by atoms with Gasteiger partial charge in [-0.2, -0.15) is 0 Å². The van der Waals surface area contributed by atoms with Gasteiger partial charge in [0, 0.05) is 29.3 Å². The summed E-state index contributed by atoms with van der Waals surface area (Å²) in [6.45, 7) is 0. The zero-order valence-electron chi connectivity index (χ0n) is 15.0. The molecule has 0 aliphatic rings. The Hall–Kier alpha value is -2.64. The summed E-state index contributed by atoms with van der Waals surface area (Å²) < 4.78 is 7.22. The van der Waals surface area contributed by atoms with E-state index in [1.54, 1.807) is 30.2 Å². The smallest absolute Gasteiger partial charge is 0.191 e. The van der Waals surface area contributed by atoms with Crippen molar-refractivity contribution in [1.29, 1.82) is 0 Å². The van der Waals surface area contributed by atoms with E-state index in [1.165, 1.54) is 0 Å². The highest BCUT2D eigenvalue weighted by atomic mass is 32.2. The summed E-state index contributed by atoms with van der Waals surface area (Å²) in [6, 6.07) is 18.1. The molecule has 0 bridgehead atoms. The largest absolute Gasteiger partial charge is 0.497 e. The summed E-state index contributed by atoms with van der Waals surface area (Å²) >= 11 is 3.31. The van der Waals surface area contributed by atoms with Gasteiger partial charge in [-0.3, -0.25) is 0 Å². The summed E-state index contributed by atoms with van der Waals surface area (Å²) in [6.07, 6.45) is 0. The van der Waals surface area contributed by atoms with Crippen molar-refractivity contribution in [3.05, 3.63) is 65.7 Å². The quantitative estimate of drug-likeness (QED) is 0.435. The standard InChI is InChI=1S/C20H18N4OS2/c1-24-18(14-8-10-17(25-2)11-9-14)22-23-20(24)27-13-16-12-26-19(21-16)15-6-4-3-5-7-15/h3-12H,13H2,1-2H3. The lowest BCUT2D eigenvalue weighted by Crippen LogP contribution is -1.95. The molecule has 2 aromatic heterocycles. The van der Waals surface area contributed by atoms with Crippen molar-refractivity contribution in [3.8, 4) is 27.7 Å². The second kappa shape index (κ2) is 7.94. The minimum atomic E-state index is 0.762. The highest BCUT2D eigenvalue weighted by molar-refractivity contribution is 7.98. The lowest BCUT2D eigenvalue weighted by Gasteiger charge is -2.04. The van der Waals surface area contributed by atoms with E-state index in [2.05, 4.69) is 27.7 Å². The second-order valence-corrected chi connectivity index (χ2v) is 7.69. The van der Waals surface area contributed by atoms with E-state index in [4.69, 9.17) is 9.72 Å². The van der Waals surface area contributed by atoms with Crippen molar-refractivity contribution in [2.24, 2.45) is 7.05 Å². The predicted octanol–water partition coefficient (Wildman–Crippen LogP) is 4.91. The van der Waals surface area contributed by atoms with Gasteiger partial charge in [-0.1, -0.05) is 42.1 Å². The minimum absolute atomic E-state index is 0.762. The van der Waals surface area contributed by atoms with Crippen LogP contribution < -0.4 is 4.74 Å². The summed E-state index contributed by atoms with van der Waals surface area (Å²) in [7, 11) is 3.64. The number of hydrogen-bond acceptors (Lipinski definition) is 6. The van der Waals surface area contributed by atoms with Gasteiger partial charge < -0.3 is 9.30 Å². The molecule has 0 aliphatic carbocycles. The monoisotopic (exact) mass is 394 g/mol. The Labute approximate surface area is 166 Å². The van der Waals surface area contributed by atoms with Crippen LogP contribution in [0.4, 0.5) is 0 Å². The molecular weight excluding hydrogens is 376 g/mol. The normalized spacial score (nSPS) is 10.9. The third-order valence-electron chi connectivity index (χ3n) is 4.10. The van der Waals surface area contributed by atoms with Crippen molar-refractivity contribution < 1.29 is 4.74 Å². The number of benzene rings is 2. The predicted molar refractivity (Wildman–Crippen MR) is 110 cm³/mol. The van der Waals surface area contributed by atoms with Crippen LogP contribution in [0.25, 0.3) is 22.0 Å². The number of hydrogen-bond donors (Lipinski definition) is 0. The molecule has 0 N–H and O–H groups in total. The molecule has 136 valence electrons. The van der Waals surface area contributed by atoms with Gasteiger partial charge in [0.1, 0.15) is 10.8 Å². The first kappa shape index (κ1) is 17.8. The van der Waals surface area contributed by atoms with Gasteiger partial charge in [-0.05, 0) is 24.3 Å². The first-order valence-electron chi connectivity index (χ1n) is 8.41. The van der Waals surface area contributed by atoms with Crippen molar-refractivity contribution in [2.75, 3.05) is 7.11 Å². The lowest BCUT2D eigenvalue weighted by molar-refractivity contribution is 0.415. The van der Waals surface area contributed by atoms with Crippen LogP contribution in [0.15, 0.2) is 65.1 Å². The maximum atomic E-state index is 5.21. The van der Waals surface area contributed by atoms with Crippen LogP contribution in [-0.2, 0) is 12.8 Å². The molecule has 0 spiro atoms. The van der Waals surface area contributed by atoms with E-state index >= 15 is 0 Å². The van der Waals surface area contributed by atoms with E-state index < -0.39 is 0 Å². The summed E-state index contributed by atoms with van der Waals surface area (Å²) in [4.78, 5) is 4.74. The Kier molecular flexibility index (Phi) is 5.22. The average Bonchev–Trinajstić information content (AvgIpc) is 3.34. The van der Waals surface area contributed by atoms with E-state index in [1.807, 2.05) is 54.1 Å². The summed E-state index contributed by atoms with van der Waals surface area (Å²) in [5.41, 5.74) is 3.22. The number of nitrogens with zero attached hydrogens (tertiary/aromatic N) is 4. The van der Waals surface area contributed by atoms with Gasteiger partial charge >= 0.3 is 0 Å². The zero-order valence-corrected chi connectivity index (χ0v) is 16.6. The number of thiazole rings is 1. The molecular formula is C20H18N4OS2. The van der Waals surface area contributed by atoms with Crippen molar-refractivity contribution in [3.63, 3.8) is 0 Å². The van der Waals surface area contributed by atoms with Crippen molar-refractivity contribution >= 4 is 23.1 Å².